The molecule has 248 valence electrons. The van der Waals surface area contributed by atoms with E-state index in [0.717, 1.165) is 83.5 Å². The van der Waals surface area contributed by atoms with E-state index >= 15 is 0 Å². The van der Waals surface area contributed by atoms with Crippen molar-refractivity contribution in [2.24, 2.45) is 0 Å². The van der Waals surface area contributed by atoms with Crippen LogP contribution in [0.1, 0.15) is 181 Å². The van der Waals surface area contributed by atoms with Crippen molar-refractivity contribution in [3.8, 4) is 0 Å². The predicted molar refractivity (Wildman–Crippen MR) is 177 cm³/mol. The molecule has 0 aromatic carbocycles. The molecule has 42 heavy (non-hydrogen) atoms. The molecule has 0 fully saturated rings. The number of hydrogen-bond donors (Lipinski definition) is 4. The minimum atomic E-state index is -1.18. The van der Waals surface area contributed by atoms with Gasteiger partial charge in [-0.1, -0.05) is 134 Å². The van der Waals surface area contributed by atoms with Crippen LogP contribution in [-0.4, -0.2) is 44.6 Å². The highest BCUT2D eigenvalue weighted by atomic mass is 16.4. The van der Waals surface area contributed by atoms with E-state index in [9.17, 15) is 14.7 Å². The molecular weight excluding hydrogens is 528 g/mol. The van der Waals surface area contributed by atoms with Gasteiger partial charge >= 0.3 is 11.9 Å². The fraction of sp³-hybridized carbons (Fsp3) is 0.833. The van der Waals surface area contributed by atoms with Crippen LogP contribution in [-0.2, 0) is 9.59 Å². The SMILES string of the molecule is CCCCCCCCC=CCCCCCCC(O)C(=O)O.CCCCCC[C@@H](O)CC=CCCCCCCCC(=O)O. The number of allylic oxidation sites excluding steroid dienone is 3. The zero-order chi connectivity index (χ0) is 31.5. The Bertz CT molecular complexity index is 630. The quantitative estimate of drug-likeness (QED) is 0.0484. The van der Waals surface area contributed by atoms with E-state index in [-0.39, 0.29) is 6.10 Å². The van der Waals surface area contributed by atoms with Gasteiger partial charge in [0, 0.05) is 6.42 Å². The summed E-state index contributed by atoms with van der Waals surface area (Å²) in [7, 11) is 0. The molecule has 0 aliphatic carbocycles. The van der Waals surface area contributed by atoms with E-state index in [1.165, 1.54) is 70.6 Å². The number of aliphatic carboxylic acids is 2. The fourth-order valence-electron chi connectivity index (χ4n) is 4.72. The smallest absolute Gasteiger partial charge is 0.332 e. The molecule has 0 aliphatic rings. The van der Waals surface area contributed by atoms with Crippen LogP contribution in [0.4, 0.5) is 0 Å². The van der Waals surface area contributed by atoms with Crippen molar-refractivity contribution in [2.75, 3.05) is 0 Å². The molecular formula is C36H68O6. The number of unbranched alkanes of at least 4 members (excludes halogenated alkanes) is 18. The van der Waals surface area contributed by atoms with Crippen molar-refractivity contribution in [2.45, 2.75) is 193 Å². The number of rotatable bonds is 30. The van der Waals surface area contributed by atoms with E-state index in [0.29, 0.717) is 12.8 Å². The second-order valence-electron chi connectivity index (χ2n) is 11.8. The average Bonchev–Trinajstić information content (AvgIpc) is 2.96. The number of aliphatic hydroxyl groups is 2. The van der Waals surface area contributed by atoms with Crippen LogP contribution in [0.3, 0.4) is 0 Å². The Labute approximate surface area is 259 Å². The summed E-state index contributed by atoms with van der Waals surface area (Å²) >= 11 is 0. The van der Waals surface area contributed by atoms with Crippen molar-refractivity contribution < 1.29 is 30.0 Å². The van der Waals surface area contributed by atoms with Gasteiger partial charge in [0.25, 0.3) is 0 Å². The third kappa shape index (κ3) is 38.3. The number of carboxylic acids is 2. The average molecular weight is 597 g/mol. The first-order valence-corrected chi connectivity index (χ1v) is 17.5. The molecule has 0 saturated carbocycles. The minimum Gasteiger partial charge on any atom is -0.481 e. The molecule has 1 unspecified atom stereocenters. The van der Waals surface area contributed by atoms with Crippen LogP contribution in [0.15, 0.2) is 24.3 Å². The Balaban J connectivity index is 0. The van der Waals surface area contributed by atoms with Crippen LogP contribution in [0.5, 0.6) is 0 Å². The Hall–Kier alpha value is -1.66. The van der Waals surface area contributed by atoms with Gasteiger partial charge in [-0.3, -0.25) is 4.79 Å². The van der Waals surface area contributed by atoms with E-state index in [4.69, 9.17) is 15.3 Å². The largest absolute Gasteiger partial charge is 0.481 e. The van der Waals surface area contributed by atoms with Crippen LogP contribution < -0.4 is 0 Å². The first-order chi connectivity index (χ1) is 20.3. The Morgan fingerprint density at radius 3 is 1.43 bits per heavy atom. The lowest BCUT2D eigenvalue weighted by Gasteiger charge is -2.07. The first kappa shape index (κ1) is 42.5. The normalized spacial score (nSPS) is 12.9. The van der Waals surface area contributed by atoms with Gasteiger partial charge in [-0.05, 0) is 64.2 Å². The van der Waals surface area contributed by atoms with Crippen LogP contribution in [0.25, 0.3) is 0 Å². The summed E-state index contributed by atoms with van der Waals surface area (Å²) in [6.07, 6.45) is 35.7. The highest BCUT2D eigenvalue weighted by molar-refractivity contribution is 5.71. The van der Waals surface area contributed by atoms with E-state index in [2.05, 4.69) is 38.2 Å². The van der Waals surface area contributed by atoms with E-state index in [1.54, 1.807) is 0 Å². The van der Waals surface area contributed by atoms with Crippen molar-refractivity contribution in [3.05, 3.63) is 24.3 Å². The molecule has 0 amide bonds. The Morgan fingerprint density at radius 2 is 0.929 bits per heavy atom. The zero-order valence-electron chi connectivity index (χ0n) is 27.5. The lowest BCUT2D eigenvalue weighted by Crippen LogP contribution is -2.18. The highest BCUT2D eigenvalue weighted by Gasteiger charge is 2.11. The van der Waals surface area contributed by atoms with Crippen LogP contribution in [0, 0.1) is 0 Å². The van der Waals surface area contributed by atoms with Crippen LogP contribution in [0.2, 0.25) is 0 Å². The van der Waals surface area contributed by atoms with Crippen molar-refractivity contribution in [1.82, 2.24) is 0 Å². The summed E-state index contributed by atoms with van der Waals surface area (Å²) in [4.78, 5) is 20.7. The highest BCUT2D eigenvalue weighted by Crippen LogP contribution is 2.12. The molecule has 0 rings (SSSR count). The molecule has 0 aliphatic heterocycles. The summed E-state index contributed by atoms with van der Waals surface area (Å²) in [5.74, 6) is -1.79. The summed E-state index contributed by atoms with van der Waals surface area (Å²) in [6, 6.07) is 0. The van der Waals surface area contributed by atoms with Crippen molar-refractivity contribution >= 4 is 11.9 Å². The van der Waals surface area contributed by atoms with Gasteiger partial charge in [-0.15, -0.1) is 0 Å². The zero-order valence-corrected chi connectivity index (χ0v) is 27.5. The first-order valence-electron chi connectivity index (χ1n) is 17.5. The number of carboxylic acid groups (broad SMARTS) is 2. The fourth-order valence-corrected chi connectivity index (χ4v) is 4.72. The standard InChI is InChI=1S/2C18H34O3/c1-2-3-4-11-14-17(19)15-12-9-7-5-6-8-10-13-16-18(20)21;1-2-3-4-5-6-7-8-9-10-11-12-13-14-15-16-17(19)18(20)21/h9,12,17,19H,2-8,10-11,13-16H2,1H3,(H,20,21);9-10,17,19H,2-8,11-16H2,1H3,(H,20,21)/t17-;/m1./s1. The van der Waals surface area contributed by atoms with Gasteiger partial charge in [-0.25, -0.2) is 4.79 Å². The third-order valence-corrected chi connectivity index (χ3v) is 7.50. The van der Waals surface area contributed by atoms with Gasteiger partial charge in [0.2, 0.25) is 0 Å². The van der Waals surface area contributed by atoms with Gasteiger partial charge in [0.15, 0.2) is 6.10 Å². The summed E-state index contributed by atoms with van der Waals surface area (Å²) < 4.78 is 0. The molecule has 0 bridgehead atoms. The lowest BCUT2D eigenvalue weighted by atomic mass is 10.1. The monoisotopic (exact) mass is 597 g/mol. The molecule has 0 spiro atoms. The maximum Gasteiger partial charge on any atom is 0.332 e. The van der Waals surface area contributed by atoms with Crippen molar-refractivity contribution in [1.29, 1.82) is 0 Å². The molecule has 0 radical (unpaired) electrons. The third-order valence-electron chi connectivity index (χ3n) is 7.50. The van der Waals surface area contributed by atoms with Crippen LogP contribution >= 0.6 is 0 Å². The molecule has 0 aromatic heterocycles. The second-order valence-corrected chi connectivity index (χ2v) is 11.8. The Morgan fingerprint density at radius 1 is 0.524 bits per heavy atom. The molecule has 0 heterocycles. The number of carbonyl (C=O) groups is 2. The molecule has 6 heteroatoms. The molecule has 6 nitrogen and oxygen atoms in total. The van der Waals surface area contributed by atoms with Gasteiger partial charge in [-0.2, -0.15) is 0 Å². The Kier molecular flexibility index (Phi) is 35.9. The van der Waals surface area contributed by atoms with Gasteiger partial charge < -0.3 is 20.4 Å². The molecule has 0 saturated heterocycles. The maximum atomic E-state index is 10.4. The topological polar surface area (TPSA) is 115 Å². The minimum absolute atomic E-state index is 0.172. The van der Waals surface area contributed by atoms with Gasteiger partial charge in [0.05, 0.1) is 6.10 Å². The summed E-state index contributed by atoms with van der Waals surface area (Å²) in [5.41, 5.74) is 0. The number of aliphatic hydroxyl groups excluding tert-OH is 2. The lowest BCUT2D eigenvalue weighted by molar-refractivity contribution is -0.147. The summed E-state index contributed by atoms with van der Waals surface area (Å²) in [6.45, 7) is 4.45. The van der Waals surface area contributed by atoms with E-state index < -0.39 is 18.0 Å². The predicted octanol–water partition coefficient (Wildman–Crippen LogP) is 10.2. The maximum absolute atomic E-state index is 10.4. The summed E-state index contributed by atoms with van der Waals surface area (Å²) in [5, 5.41) is 35.9. The van der Waals surface area contributed by atoms with Gasteiger partial charge in [0.1, 0.15) is 0 Å². The second kappa shape index (κ2) is 35.5. The van der Waals surface area contributed by atoms with Crippen molar-refractivity contribution in [3.63, 3.8) is 0 Å². The molecule has 0 aromatic rings. The molecule has 4 N–H and O–H groups in total. The van der Waals surface area contributed by atoms with E-state index in [1.807, 2.05) is 0 Å². The number of hydrogen-bond acceptors (Lipinski definition) is 4. The molecule has 2 atom stereocenters.